The number of nitrogens with zero attached hydrogens (tertiary/aromatic N) is 1. The van der Waals surface area contributed by atoms with Crippen LogP contribution in [0.5, 0.6) is 5.75 Å². The van der Waals surface area contributed by atoms with Gasteiger partial charge in [-0.05, 0) is 31.2 Å². The Morgan fingerprint density at radius 3 is 2.93 bits per heavy atom. The number of nitrogens with two attached hydrogens (primary N) is 1. The van der Waals surface area contributed by atoms with E-state index in [2.05, 4.69) is 22.9 Å². The minimum Gasteiger partial charge on any atom is -0.496 e. The molecule has 3 heteroatoms. The highest BCUT2D eigenvalue weighted by molar-refractivity contribution is 5.86. The molecule has 0 atom stereocenters. The number of hydrogen-bond donors (Lipinski definition) is 1. The second kappa shape index (κ2) is 4.36. The zero-order valence-electron chi connectivity index (χ0n) is 8.94. The molecule has 2 aromatic rings. The molecule has 3 nitrogen and oxygen atoms in total. The van der Waals surface area contributed by atoms with Crippen LogP contribution in [0.25, 0.3) is 10.9 Å². The van der Waals surface area contributed by atoms with E-state index in [1.54, 1.807) is 7.11 Å². The van der Waals surface area contributed by atoms with Gasteiger partial charge in [0.2, 0.25) is 0 Å². The maximum absolute atomic E-state index is 5.51. The summed E-state index contributed by atoms with van der Waals surface area (Å²) in [6, 6.07) is 8.19. The fourth-order valence-electron chi connectivity index (χ4n) is 1.83. The predicted molar refractivity (Wildman–Crippen MR) is 62.2 cm³/mol. The van der Waals surface area contributed by atoms with Crippen LogP contribution in [0.15, 0.2) is 30.5 Å². The second-order valence-corrected chi connectivity index (χ2v) is 3.54. The Hall–Kier alpha value is -1.48. The summed E-state index contributed by atoms with van der Waals surface area (Å²) in [5, 5.41) is 1.16. The van der Waals surface area contributed by atoms with Crippen molar-refractivity contribution in [1.82, 2.24) is 4.57 Å². The van der Waals surface area contributed by atoms with Gasteiger partial charge in [0.25, 0.3) is 0 Å². The van der Waals surface area contributed by atoms with Gasteiger partial charge in [0.15, 0.2) is 0 Å². The van der Waals surface area contributed by atoms with Gasteiger partial charge in [0, 0.05) is 18.1 Å². The summed E-state index contributed by atoms with van der Waals surface area (Å²) in [7, 11) is 1.70. The maximum atomic E-state index is 5.51. The van der Waals surface area contributed by atoms with Crippen LogP contribution in [-0.4, -0.2) is 18.2 Å². The molecule has 2 rings (SSSR count). The minimum absolute atomic E-state index is 0.726. The van der Waals surface area contributed by atoms with Crippen LogP contribution < -0.4 is 10.5 Å². The topological polar surface area (TPSA) is 40.2 Å². The van der Waals surface area contributed by atoms with Crippen LogP contribution >= 0.6 is 0 Å². The van der Waals surface area contributed by atoms with E-state index in [0.29, 0.717) is 0 Å². The van der Waals surface area contributed by atoms with Gasteiger partial charge in [-0.15, -0.1) is 0 Å². The predicted octanol–water partition coefficient (Wildman–Crippen LogP) is 2.00. The first-order valence-corrected chi connectivity index (χ1v) is 5.18. The Balaban J connectivity index is 2.42. The summed E-state index contributed by atoms with van der Waals surface area (Å²) < 4.78 is 7.52. The molecule has 80 valence electrons. The quantitative estimate of drug-likeness (QED) is 0.827. The summed E-state index contributed by atoms with van der Waals surface area (Å²) in [5.74, 6) is 0.930. The van der Waals surface area contributed by atoms with Gasteiger partial charge >= 0.3 is 0 Å². The Morgan fingerprint density at radius 1 is 1.33 bits per heavy atom. The zero-order chi connectivity index (χ0) is 10.7. The van der Waals surface area contributed by atoms with E-state index >= 15 is 0 Å². The van der Waals surface area contributed by atoms with Crippen LogP contribution in [0.1, 0.15) is 6.42 Å². The van der Waals surface area contributed by atoms with Crippen LogP contribution in [0.3, 0.4) is 0 Å². The first-order valence-electron chi connectivity index (χ1n) is 5.18. The smallest absolute Gasteiger partial charge is 0.128 e. The lowest BCUT2D eigenvalue weighted by molar-refractivity contribution is 0.420. The van der Waals surface area contributed by atoms with Crippen molar-refractivity contribution in [3.05, 3.63) is 30.5 Å². The number of hydrogen-bond acceptors (Lipinski definition) is 2. The highest BCUT2D eigenvalue weighted by Crippen LogP contribution is 2.26. The molecule has 0 bridgehead atoms. The molecule has 2 N–H and O–H groups in total. The third-order valence-corrected chi connectivity index (χ3v) is 2.60. The molecular weight excluding hydrogens is 188 g/mol. The Morgan fingerprint density at radius 2 is 2.20 bits per heavy atom. The monoisotopic (exact) mass is 204 g/mol. The summed E-state index contributed by atoms with van der Waals surface area (Å²) in [5.41, 5.74) is 6.72. The van der Waals surface area contributed by atoms with Gasteiger partial charge in [-0.2, -0.15) is 0 Å². The molecule has 0 spiro atoms. The molecular formula is C12H16N2O. The van der Waals surface area contributed by atoms with Gasteiger partial charge in [-0.1, -0.05) is 6.07 Å². The lowest BCUT2D eigenvalue weighted by atomic mass is 10.2. The maximum Gasteiger partial charge on any atom is 0.128 e. The van der Waals surface area contributed by atoms with E-state index in [0.717, 1.165) is 30.6 Å². The third kappa shape index (κ3) is 1.83. The van der Waals surface area contributed by atoms with Crippen molar-refractivity contribution >= 4 is 10.9 Å². The average Bonchev–Trinajstić information content (AvgIpc) is 2.69. The van der Waals surface area contributed by atoms with Crippen LogP contribution in [-0.2, 0) is 6.54 Å². The van der Waals surface area contributed by atoms with E-state index < -0.39 is 0 Å². The fraction of sp³-hybridized carbons (Fsp3) is 0.333. The second-order valence-electron chi connectivity index (χ2n) is 3.54. The number of methoxy groups -OCH3 is 1. The van der Waals surface area contributed by atoms with Crippen LogP contribution in [0.4, 0.5) is 0 Å². The van der Waals surface area contributed by atoms with Crippen LogP contribution in [0.2, 0.25) is 0 Å². The molecule has 1 heterocycles. The molecule has 0 amide bonds. The highest BCUT2D eigenvalue weighted by atomic mass is 16.5. The molecule has 0 saturated carbocycles. The van der Waals surface area contributed by atoms with Crippen molar-refractivity contribution in [1.29, 1.82) is 0 Å². The van der Waals surface area contributed by atoms with E-state index in [4.69, 9.17) is 10.5 Å². The van der Waals surface area contributed by atoms with Gasteiger partial charge in [-0.25, -0.2) is 0 Å². The lowest BCUT2D eigenvalue weighted by Gasteiger charge is -2.05. The first-order chi connectivity index (χ1) is 7.36. The van der Waals surface area contributed by atoms with Crippen LogP contribution in [0, 0.1) is 0 Å². The van der Waals surface area contributed by atoms with E-state index in [9.17, 15) is 0 Å². The fourth-order valence-corrected chi connectivity index (χ4v) is 1.83. The van der Waals surface area contributed by atoms with Crippen molar-refractivity contribution in [3.8, 4) is 5.75 Å². The molecule has 0 saturated heterocycles. The lowest BCUT2D eigenvalue weighted by Crippen LogP contribution is -2.04. The normalized spacial score (nSPS) is 10.8. The molecule has 0 unspecified atom stereocenters. The number of aromatic nitrogens is 1. The first kappa shape index (κ1) is 10.1. The summed E-state index contributed by atoms with van der Waals surface area (Å²) in [6.07, 6.45) is 3.09. The largest absolute Gasteiger partial charge is 0.496 e. The molecule has 15 heavy (non-hydrogen) atoms. The standard InChI is InChI=1S/C12H16N2O/c1-15-12-5-2-4-11-10(12)6-9-14(11)8-3-7-13/h2,4-6,9H,3,7-8,13H2,1H3. The summed E-state index contributed by atoms with van der Waals surface area (Å²) in [6.45, 7) is 1.69. The molecule has 0 radical (unpaired) electrons. The van der Waals surface area contributed by atoms with Gasteiger partial charge in [0.1, 0.15) is 5.75 Å². The number of rotatable bonds is 4. The van der Waals surface area contributed by atoms with Crippen molar-refractivity contribution < 1.29 is 4.74 Å². The Labute approximate surface area is 89.4 Å². The Bertz CT molecular complexity index is 448. The van der Waals surface area contributed by atoms with Crippen molar-refractivity contribution in [2.45, 2.75) is 13.0 Å². The molecule has 0 fully saturated rings. The number of fused-ring (bicyclic) bond motifs is 1. The molecule has 1 aromatic heterocycles. The number of ether oxygens (including phenoxy) is 1. The molecule has 1 aromatic carbocycles. The Kier molecular flexibility index (Phi) is 2.92. The zero-order valence-corrected chi connectivity index (χ0v) is 8.94. The summed E-state index contributed by atoms with van der Waals surface area (Å²) in [4.78, 5) is 0. The number of aryl methyl sites for hydroxylation is 1. The van der Waals surface area contributed by atoms with Crippen molar-refractivity contribution in [3.63, 3.8) is 0 Å². The van der Waals surface area contributed by atoms with E-state index in [1.165, 1.54) is 5.52 Å². The number of benzene rings is 1. The molecule has 0 aliphatic heterocycles. The average molecular weight is 204 g/mol. The SMILES string of the molecule is COc1cccc2c1ccn2CCCN. The molecule has 0 aliphatic rings. The van der Waals surface area contributed by atoms with Crippen molar-refractivity contribution in [2.24, 2.45) is 5.73 Å². The van der Waals surface area contributed by atoms with Gasteiger partial charge in [0.05, 0.1) is 12.6 Å². The van der Waals surface area contributed by atoms with Crippen molar-refractivity contribution in [2.75, 3.05) is 13.7 Å². The summed E-state index contributed by atoms with van der Waals surface area (Å²) >= 11 is 0. The van der Waals surface area contributed by atoms with Gasteiger partial charge < -0.3 is 15.0 Å². The van der Waals surface area contributed by atoms with E-state index in [-0.39, 0.29) is 0 Å². The third-order valence-electron chi connectivity index (χ3n) is 2.60. The molecule has 0 aliphatic carbocycles. The highest BCUT2D eigenvalue weighted by Gasteiger charge is 2.04. The minimum atomic E-state index is 0.726. The van der Waals surface area contributed by atoms with Gasteiger partial charge in [-0.3, -0.25) is 0 Å². The van der Waals surface area contributed by atoms with E-state index in [1.807, 2.05) is 12.1 Å².